The predicted molar refractivity (Wildman–Crippen MR) is 183 cm³/mol. The van der Waals surface area contributed by atoms with Gasteiger partial charge in [0.25, 0.3) is 0 Å². The number of ether oxygens (including phenoxy) is 2. The molecule has 1 unspecified atom stereocenters. The van der Waals surface area contributed by atoms with Gasteiger partial charge in [-0.25, -0.2) is 9.36 Å². The number of esters is 2. The van der Waals surface area contributed by atoms with E-state index in [-0.39, 0.29) is 26.2 Å². The Morgan fingerprint density at radius 3 is 1.76 bits per heavy atom. The molecule has 0 heterocycles. The van der Waals surface area contributed by atoms with Crippen LogP contribution in [0.4, 0.5) is 0 Å². The van der Waals surface area contributed by atoms with Crippen LogP contribution < -0.4 is 5.73 Å². The molecule has 264 valence electrons. The summed E-state index contributed by atoms with van der Waals surface area (Å²) in [7, 11) is -4.39. The van der Waals surface area contributed by atoms with Gasteiger partial charge in [-0.05, 0) is 19.3 Å². The summed E-state index contributed by atoms with van der Waals surface area (Å²) in [6.07, 6.45) is 31.4. The topological polar surface area (TPSA) is 134 Å². The number of carbonyl (C=O) groups excluding carboxylic acids is 2. The highest BCUT2D eigenvalue weighted by Gasteiger charge is 2.25. The van der Waals surface area contributed by atoms with Gasteiger partial charge in [-0.1, -0.05) is 148 Å². The van der Waals surface area contributed by atoms with Crippen molar-refractivity contribution in [2.45, 2.75) is 161 Å². The van der Waals surface area contributed by atoms with E-state index in [1.54, 1.807) is 12.2 Å². The van der Waals surface area contributed by atoms with Gasteiger partial charge < -0.3 is 20.1 Å². The summed E-state index contributed by atoms with van der Waals surface area (Å²) in [5, 5.41) is 0. The standard InChI is InChI=1S/C35H66NO8P/c1-3-5-7-9-11-13-14-15-16-17-18-20-22-24-26-28-35(38)44-33(32-43-45(39,40)42-30-29-36)31-41-34(37)27-25-23-21-19-12-10-8-6-4-2/h22,24,26,28,33H,3-21,23,25,27,29-32,36H2,1-2H3,(H,39,40)/b24-22+,28-26+/t33-/m1/s1. The summed E-state index contributed by atoms with van der Waals surface area (Å²) in [5.74, 6) is -1.08. The van der Waals surface area contributed by atoms with Crippen molar-refractivity contribution >= 4 is 19.8 Å². The highest BCUT2D eigenvalue weighted by atomic mass is 31.2. The molecule has 0 aliphatic carbocycles. The van der Waals surface area contributed by atoms with E-state index in [0.717, 1.165) is 32.1 Å². The Labute approximate surface area is 274 Å². The van der Waals surface area contributed by atoms with Crippen molar-refractivity contribution in [3.05, 3.63) is 24.3 Å². The Bertz CT molecular complexity index is 805. The zero-order chi connectivity index (χ0) is 33.3. The number of rotatable bonds is 33. The predicted octanol–water partition coefficient (Wildman–Crippen LogP) is 9.27. The SMILES string of the molecule is CCCCCCCCCCCCC/C=C/C=C/C(=O)O[C@H](COC(=O)CCCCCCCCCCC)COP(=O)(O)OCCN. The van der Waals surface area contributed by atoms with Crippen molar-refractivity contribution in [1.29, 1.82) is 0 Å². The van der Waals surface area contributed by atoms with E-state index in [9.17, 15) is 19.0 Å². The van der Waals surface area contributed by atoms with Gasteiger partial charge in [0.2, 0.25) is 0 Å². The first-order valence-electron chi connectivity index (χ1n) is 17.9. The molecule has 0 aliphatic rings. The molecule has 0 bridgehead atoms. The van der Waals surface area contributed by atoms with Gasteiger partial charge in [-0.15, -0.1) is 0 Å². The summed E-state index contributed by atoms with van der Waals surface area (Å²) < 4.78 is 32.3. The van der Waals surface area contributed by atoms with Crippen molar-refractivity contribution in [2.75, 3.05) is 26.4 Å². The molecule has 0 saturated carbocycles. The zero-order valence-corrected chi connectivity index (χ0v) is 29.5. The second-order valence-corrected chi connectivity index (χ2v) is 13.3. The van der Waals surface area contributed by atoms with Gasteiger partial charge in [0.15, 0.2) is 6.10 Å². The molecule has 0 saturated heterocycles. The molecule has 3 N–H and O–H groups in total. The van der Waals surface area contributed by atoms with Gasteiger partial charge >= 0.3 is 19.8 Å². The fourth-order valence-electron chi connectivity index (χ4n) is 4.78. The lowest BCUT2D eigenvalue weighted by Gasteiger charge is -2.19. The Morgan fingerprint density at radius 1 is 0.711 bits per heavy atom. The van der Waals surface area contributed by atoms with Crippen molar-refractivity contribution in [3.63, 3.8) is 0 Å². The molecule has 0 rings (SSSR count). The molecule has 0 aromatic carbocycles. The minimum atomic E-state index is -4.39. The first kappa shape index (κ1) is 43.5. The van der Waals surface area contributed by atoms with Crippen LogP contribution in [0.1, 0.15) is 155 Å². The van der Waals surface area contributed by atoms with E-state index >= 15 is 0 Å². The van der Waals surface area contributed by atoms with E-state index in [2.05, 4.69) is 13.8 Å². The summed E-state index contributed by atoms with van der Waals surface area (Å²) in [6.45, 7) is 3.56. The third-order valence-electron chi connectivity index (χ3n) is 7.45. The first-order valence-corrected chi connectivity index (χ1v) is 19.4. The van der Waals surface area contributed by atoms with Crippen LogP contribution in [-0.2, 0) is 32.7 Å². The number of phosphoric ester groups is 1. The molecule has 0 spiro atoms. The van der Waals surface area contributed by atoms with Gasteiger partial charge in [0, 0.05) is 19.0 Å². The van der Waals surface area contributed by atoms with Gasteiger partial charge in [-0.3, -0.25) is 13.8 Å². The fraction of sp³-hybridized carbons (Fsp3) is 0.829. The Morgan fingerprint density at radius 2 is 1.22 bits per heavy atom. The van der Waals surface area contributed by atoms with E-state index in [4.69, 9.17) is 24.3 Å². The number of phosphoric acid groups is 1. The minimum absolute atomic E-state index is 0.0420. The smallest absolute Gasteiger partial charge is 0.462 e. The third kappa shape index (κ3) is 32.2. The average Bonchev–Trinajstić information content (AvgIpc) is 3.02. The maximum atomic E-state index is 12.4. The number of hydrogen-bond donors (Lipinski definition) is 2. The highest BCUT2D eigenvalue weighted by Crippen LogP contribution is 2.43. The van der Waals surface area contributed by atoms with Crippen molar-refractivity contribution in [2.24, 2.45) is 5.73 Å². The van der Waals surface area contributed by atoms with Gasteiger partial charge in [-0.2, -0.15) is 0 Å². The van der Waals surface area contributed by atoms with Crippen LogP contribution in [0.2, 0.25) is 0 Å². The quantitative estimate of drug-likeness (QED) is 0.0232. The van der Waals surface area contributed by atoms with Crippen LogP contribution >= 0.6 is 7.82 Å². The maximum Gasteiger partial charge on any atom is 0.472 e. The van der Waals surface area contributed by atoms with E-state index in [0.29, 0.717) is 0 Å². The fourth-order valence-corrected chi connectivity index (χ4v) is 5.54. The first-order chi connectivity index (χ1) is 21.8. The molecule has 0 aliphatic heterocycles. The lowest BCUT2D eigenvalue weighted by Crippen LogP contribution is -2.29. The number of hydrogen-bond acceptors (Lipinski definition) is 8. The highest BCUT2D eigenvalue weighted by molar-refractivity contribution is 7.47. The minimum Gasteiger partial charge on any atom is -0.462 e. The summed E-state index contributed by atoms with van der Waals surface area (Å²) in [6, 6.07) is 0. The molecule has 2 atom stereocenters. The lowest BCUT2D eigenvalue weighted by atomic mass is 10.1. The Kier molecular flexibility index (Phi) is 31.3. The van der Waals surface area contributed by atoms with Crippen LogP contribution in [0, 0.1) is 0 Å². The molecular weight excluding hydrogens is 593 g/mol. The van der Waals surface area contributed by atoms with Crippen LogP contribution in [0.15, 0.2) is 24.3 Å². The molecule has 0 aromatic rings. The largest absolute Gasteiger partial charge is 0.472 e. The number of allylic oxidation sites excluding steroid dienone is 3. The molecule has 0 amide bonds. The van der Waals surface area contributed by atoms with Crippen molar-refractivity contribution < 1.29 is 37.6 Å². The number of nitrogens with two attached hydrogens (primary N) is 1. The summed E-state index contributed by atoms with van der Waals surface area (Å²) >= 11 is 0. The van der Waals surface area contributed by atoms with Crippen LogP contribution in [0.25, 0.3) is 0 Å². The van der Waals surface area contributed by atoms with Crippen molar-refractivity contribution in [1.82, 2.24) is 0 Å². The second-order valence-electron chi connectivity index (χ2n) is 11.8. The molecule has 0 aromatic heterocycles. The Hall–Kier alpha value is -1.51. The second kappa shape index (κ2) is 32.4. The molecule has 10 heteroatoms. The van der Waals surface area contributed by atoms with E-state index in [1.165, 1.54) is 109 Å². The Balaban J connectivity index is 4.37. The lowest BCUT2D eigenvalue weighted by molar-refractivity contribution is -0.157. The van der Waals surface area contributed by atoms with Crippen LogP contribution in [0.3, 0.4) is 0 Å². The van der Waals surface area contributed by atoms with E-state index < -0.39 is 32.5 Å². The summed E-state index contributed by atoms with van der Waals surface area (Å²) in [5.41, 5.74) is 5.31. The normalized spacial score (nSPS) is 13.8. The number of unbranched alkanes of at least 4 members (excludes halogenated alkanes) is 19. The third-order valence-corrected chi connectivity index (χ3v) is 8.43. The van der Waals surface area contributed by atoms with Crippen molar-refractivity contribution in [3.8, 4) is 0 Å². The molecule has 0 fully saturated rings. The molecule has 45 heavy (non-hydrogen) atoms. The molecular formula is C35H66NO8P. The summed E-state index contributed by atoms with van der Waals surface area (Å²) in [4.78, 5) is 34.4. The van der Waals surface area contributed by atoms with Gasteiger partial charge in [0.05, 0.1) is 13.2 Å². The van der Waals surface area contributed by atoms with E-state index in [1.807, 2.05) is 6.08 Å². The average molecular weight is 660 g/mol. The monoisotopic (exact) mass is 659 g/mol. The maximum absolute atomic E-state index is 12.4. The van der Waals surface area contributed by atoms with Gasteiger partial charge in [0.1, 0.15) is 6.61 Å². The molecule has 0 radical (unpaired) electrons. The van der Waals surface area contributed by atoms with Crippen LogP contribution in [-0.4, -0.2) is 49.3 Å². The number of carbonyl (C=O) groups is 2. The van der Waals surface area contributed by atoms with Crippen LogP contribution in [0.5, 0.6) is 0 Å². The molecule has 9 nitrogen and oxygen atoms in total. The zero-order valence-electron chi connectivity index (χ0n) is 28.6.